The molecule has 0 aromatic carbocycles. The first-order valence-electron chi connectivity index (χ1n) is 3.31. The van der Waals surface area contributed by atoms with Crippen LogP contribution < -0.4 is 4.74 Å². The molecule has 1 aromatic rings. The molecule has 0 aliphatic rings. The van der Waals surface area contributed by atoms with Crippen LogP contribution in [-0.4, -0.2) is 21.2 Å². The van der Waals surface area contributed by atoms with E-state index in [1.165, 1.54) is 0 Å². The van der Waals surface area contributed by atoms with E-state index in [-0.39, 0.29) is 0 Å². The Morgan fingerprint density at radius 3 is 2.60 bits per heavy atom. The predicted molar refractivity (Wildman–Crippen MR) is 40.7 cm³/mol. The molecule has 0 aliphatic heterocycles. The Bertz CT molecular complexity index is 396. The molecule has 9 heteroatoms. The second-order valence-electron chi connectivity index (χ2n) is 2.22. The van der Waals surface area contributed by atoms with E-state index in [4.69, 9.17) is 16.7 Å². The topological polar surface area (TPSA) is 72.3 Å². The summed E-state index contributed by atoms with van der Waals surface area (Å²) >= 11 is 5.13. The normalized spacial score (nSPS) is 11.2. The highest BCUT2D eigenvalue weighted by Crippen LogP contribution is 2.34. The molecule has 0 amide bonds. The van der Waals surface area contributed by atoms with Gasteiger partial charge in [-0.15, -0.1) is 0 Å². The molecular weight excluding hydrogens is 241 g/mol. The summed E-state index contributed by atoms with van der Waals surface area (Å²) < 4.78 is 40.6. The molecule has 0 unspecified atom stereocenters. The van der Waals surface area contributed by atoms with Crippen molar-refractivity contribution in [3.05, 3.63) is 17.2 Å². The predicted octanol–water partition coefficient (Wildman–Crippen LogP) is 2.21. The summed E-state index contributed by atoms with van der Waals surface area (Å²) in [5.41, 5.74) is -1.54. The van der Waals surface area contributed by atoms with E-state index in [9.17, 15) is 18.0 Å². The third kappa shape index (κ3) is 2.94. The van der Waals surface area contributed by atoms with E-state index >= 15 is 0 Å². The van der Waals surface area contributed by atoms with Crippen LogP contribution in [0.3, 0.4) is 0 Å². The lowest BCUT2D eigenvalue weighted by Gasteiger charge is -2.09. The van der Waals surface area contributed by atoms with Crippen LogP contribution in [0, 0.1) is 0 Å². The fourth-order valence-electron chi connectivity index (χ4n) is 0.721. The number of aromatic nitrogens is 2. The summed E-state index contributed by atoms with van der Waals surface area (Å²) in [6.45, 7) is 0. The standard InChI is InChI=1S/C6H2ClF3N2O3/c7-4-11-1-2(15-5(13)14)3(12-4)6(8,9)10/h1H,(H,13,14). The lowest BCUT2D eigenvalue weighted by molar-refractivity contribution is -0.142. The lowest BCUT2D eigenvalue weighted by Crippen LogP contribution is -2.14. The Labute approximate surface area is 85.5 Å². The molecule has 0 fully saturated rings. The van der Waals surface area contributed by atoms with Crippen molar-refractivity contribution in [1.82, 2.24) is 9.97 Å². The average molecular weight is 243 g/mol. The Kier molecular flexibility index (Phi) is 2.98. The fourth-order valence-corrected chi connectivity index (χ4v) is 0.854. The molecule has 15 heavy (non-hydrogen) atoms. The minimum atomic E-state index is -4.86. The molecule has 1 rings (SSSR count). The Hall–Kier alpha value is -1.57. The largest absolute Gasteiger partial charge is 0.511 e. The van der Waals surface area contributed by atoms with Gasteiger partial charge in [0.05, 0.1) is 6.20 Å². The summed E-state index contributed by atoms with van der Waals surface area (Å²) in [7, 11) is 0. The monoisotopic (exact) mass is 242 g/mol. The first kappa shape index (κ1) is 11.5. The van der Waals surface area contributed by atoms with Crippen molar-refractivity contribution in [1.29, 1.82) is 0 Å². The van der Waals surface area contributed by atoms with Gasteiger partial charge in [-0.1, -0.05) is 0 Å². The zero-order valence-corrected chi connectivity index (χ0v) is 7.50. The molecule has 82 valence electrons. The van der Waals surface area contributed by atoms with Crippen molar-refractivity contribution in [2.45, 2.75) is 6.18 Å². The molecule has 0 saturated carbocycles. The number of halogens is 4. The minimum absolute atomic E-state index is 0.534. The van der Waals surface area contributed by atoms with E-state index in [0.29, 0.717) is 6.20 Å². The number of rotatable bonds is 1. The van der Waals surface area contributed by atoms with Crippen molar-refractivity contribution in [2.24, 2.45) is 0 Å². The third-order valence-corrected chi connectivity index (χ3v) is 1.37. The summed E-state index contributed by atoms with van der Waals surface area (Å²) in [6.07, 6.45) is -6.23. The minimum Gasteiger partial charge on any atom is -0.449 e. The number of nitrogens with zero attached hydrogens (tertiary/aromatic N) is 2. The second kappa shape index (κ2) is 3.89. The quantitative estimate of drug-likeness (QED) is 0.604. The molecule has 0 spiro atoms. The van der Waals surface area contributed by atoms with E-state index in [1.54, 1.807) is 0 Å². The molecule has 0 radical (unpaired) electrons. The van der Waals surface area contributed by atoms with Crippen LogP contribution in [-0.2, 0) is 6.18 Å². The van der Waals surface area contributed by atoms with Crippen molar-refractivity contribution in [3.63, 3.8) is 0 Å². The number of ether oxygens (including phenoxy) is 1. The van der Waals surface area contributed by atoms with Crippen molar-refractivity contribution in [3.8, 4) is 5.75 Å². The Morgan fingerprint density at radius 2 is 2.13 bits per heavy atom. The lowest BCUT2D eigenvalue weighted by atomic mass is 10.4. The number of hydrogen-bond acceptors (Lipinski definition) is 4. The number of alkyl halides is 3. The molecule has 1 heterocycles. The second-order valence-corrected chi connectivity index (χ2v) is 2.56. The molecule has 0 aliphatic carbocycles. The zero-order valence-electron chi connectivity index (χ0n) is 6.75. The van der Waals surface area contributed by atoms with Gasteiger partial charge < -0.3 is 9.84 Å². The van der Waals surface area contributed by atoms with Crippen LogP contribution in [0.25, 0.3) is 0 Å². The van der Waals surface area contributed by atoms with Gasteiger partial charge in [0.2, 0.25) is 5.28 Å². The van der Waals surface area contributed by atoms with Crippen LogP contribution in [0.5, 0.6) is 5.75 Å². The van der Waals surface area contributed by atoms with Gasteiger partial charge in [-0.3, -0.25) is 0 Å². The van der Waals surface area contributed by atoms with Gasteiger partial charge in [0.1, 0.15) is 0 Å². The first-order chi connectivity index (χ1) is 6.80. The van der Waals surface area contributed by atoms with Crippen molar-refractivity contribution in [2.75, 3.05) is 0 Å². The van der Waals surface area contributed by atoms with Crippen LogP contribution in [0.15, 0.2) is 6.20 Å². The molecule has 0 saturated heterocycles. The van der Waals surface area contributed by atoms with Crippen LogP contribution >= 0.6 is 11.6 Å². The Balaban J connectivity index is 3.20. The third-order valence-electron chi connectivity index (χ3n) is 1.19. The smallest absolute Gasteiger partial charge is 0.449 e. The highest BCUT2D eigenvalue weighted by molar-refractivity contribution is 6.28. The van der Waals surface area contributed by atoms with Gasteiger partial charge in [-0.25, -0.2) is 14.8 Å². The SMILES string of the molecule is O=C(O)Oc1cnc(Cl)nc1C(F)(F)F. The van der Waals surface area contributed by atoms with E-state index < -0.39 is 29.1 Å². The summed E-state index contributed by atoms with van der Waals surface area (Å²) in [5.74, 6) is -1.01. The maximum absolute atomic E-state index is 12.3. The Morgan fingerprint density at radius 1 is 1.53 bits per heavy atom. The average Bonchev–Trinajstić information content (AvgIpc) is 2.05. The number of carboxylic acid groups (broad SMARTS) is 1. The van der Waals surface area contributed by atoms with Gasteiger partial charge in [-0.2, -0.15) is 13.2 Å². The first-order valence-corrected chi connectivity index (χ1v) is 3.69. The van der Waals surface area contributed by atoms with Gasteiger partial charge in [0.15, 0.2) is 11.4 Å². The van der Waals surface area contributed by atoms with Crippen LogP contribution in [0.1, 0.15) is 5.69 Å². The molecular formula is C6H2ClF3N2O3. The van der Waals surface area contributed by atoms with Crippen molar-refractivity contribution < 1.29 is 27.8 Å². The highest BCUT2D eigenvalue weighted by atomic mass is 35.5. The fraction of sp³-hybridized carbons (Fsp3) is 0.167. The van der Waals surface area contributed by atoms with Crippen molar-refractivity contribution >= 4 is 17.8 Å². The number of carbonyl (C=O) groups is 1. The summed E-state index contributed by atoms with van der Waals surface area (Å²) in [4.78, 5) is 16.1. The van der Waals surface area contributed by atoms with Crippen LogP contribution in [0.4, 0.5) is 18.0 Å². The zero-order chi connectivity index (χ0) is 11.6. The summed E-state index contributed by atoms with van der Waals surface area (Å²) in [6, 6.07) is 0. The van der Waals surface area contributed by atoms with Gasteiger partial charge in [0, 0.05) is 0 Å². The number of hydrogen-bond donors (Lipinski definition) is 1. The van der Waals surface area contributed by atoms with E-state index in [0.717, 1.165) is 0 Å². The van der Waals surface area contributed by atoms with Gasteiger partial charge in [0.25, 0.3) is 0 Å². The molecule has 5 nitrogen and oxygen atoms in total. The van der Waals surface area contributed by atoms with E-state index in [2.05, 4.69) is 14.7 Å². The van der Waals surface area contributed by atoms with E-state index in [1.807, 2.05) is 0 Å². The molecule has 1 aromatic heterocycles. The van der Waals surface area contributed by atoms with Gasteiger partial charge in [-0.05, 0) is 11.6 Å². The molecule has 1 N–H and O–H groups in total. The highest BCUT2D eigenvalue weighted by Gasteiger charge is 2.37. The summed E-state index contributed by atoms with van der Waals surface area (Å²) in [5, 5.41) is 7.50. The van der Waals surface area contributed by atoms with Gasteiger partial charge >= 0.3 is 12.3 Å². The molecule has 0 bridgehead atoms. The maximum atomic E-state index is 12.3. The maximum Gasteiger partial charge on any atom is 0.511 e. The molecule has 0 atom stereocenters. The van der Waals surface area contributed by atoms with Crippen LogP contribution in [0.2, 0.25) is 5.28 Å².